The van der Waals surface area contributed by atoms with Crippen LogP contribution in [0, 0.1) is 0 Å². The second kappa shape index (κ2) is 3.41. The second-order valence-corrected chi connectivity index (χ2v) is 2.85. The number of carbonyl (C=O) groups excluding carboxylic acids is 1. The van der Waals surface area contributed by atoms with Gasteiger partial charge in [-0.25, -0.2) is 0 Å². The molecule has 72 valence electrons. The molecular formula is C10H9NO3. The molecule has 4 nitrogen and oxygen atoms in total. The first kappa shape index (κ1) is 8.62. The normalized spacial score (nSPS) is 13.4. The van der Waals surface area contributed by atoms with Gasteiger partial charge >= 0.3 is 0 Å². The molecule has 1 aliphatic heterocycles. The molecule has 2 rings (SSSR count). The minimum absolute atomic E-state index is 0.248. The number of nitrogens with two attached hydrogens (primary N) is 1. The van der Waals surface area contributed by atoms with Crippen LogP contribution in [0.3, 0.4) is 0 Å². The summed E-state index contributed by atoms with van der Waals surface area (Å²) >= 11 is 0. The number of primary amides is 1. The number of benzene rings is 1. The van der Waals surface area contributed by atoms with Crippen LogP contribution in [0.2, 0.25) is 0 Å². The Labute approximate surface area is 80.9 Å². The van der Waals surface area contributed by atoms with Gasteiger partial charge in [-0.15, -0.1) is 0 Å². The second-order valence-electron chi connectivity index (χ2n) is 2.85. The number of ether oxygens (including phenoxy) is 2. The molecule has 1 aliphatic rings. The summed E-state index contributed by atoms with van der Waals surface area (Å²) in [5.74, 6) is 0.945. The molecule has 1 aromatic rings. The van der Waals surface area contributed by atoms with Crippen molar-refractivity contribution in [1.82, 2.24) is 0 Å². The molecule has 0 saturated carbocycles. The predicted octanol–water partition coefficient (Wildman–Crippen LogP) is 0.914. The van der Waals surface area contributed by atoms with Crippen LogP contribution in [-0.4, -0.2) is 12.7 Å². The highest BCUT2D eigenvalue weighted by molar-refractivity contribution is 5.90. The highest BCUT2D eigenvalue weighted by Crippen LogP contribution is 2.32. The Balaban J connectivity index is 2.25. The molecule has 4 heteroatoms. The fourth-order valence-electron chi connectivity index (χ4n) is 1.20. The van der Waals surface area contributed by atoms with E-state index in [1.807, 2.05) is 6.07 Å². The van der Waals surface area contributed by atoms with E-state index in [9.17, 15) is 4.79 Å². The number of rotatable bonds is 2. The summed E-state index contributed by atoms with van der Waals surface area (Å²) in [5, 5.41) is 0. The monoisotopic (exact) mass is 191 g/mol. The molecule has 0 aliphatic carbocycles. The molecule has 1 heterocycles. The number of hydrogen-bond donors (Lipinski definition) is 1. The van der Waals surface area contributed by atoms with Crippen molar-refractivity contribution in [1.29, 1.82) is 0 Å². The molecular weight excluding hydrogens is 182 g/mol. The molecule has 0 unspecified atom stereocenters. The Morgan fingerprint density at radius 1 is 1.36 bits per heavy atom. The fourth-order valence-corrected chi connectivity index (χ4v) is 1.20. The smallest absolute Gasteiger partial charge is 0.241 e. The summed E-state index contributed by atoms with van der Waals surface area (Å²) in [6.45, 7) is 0.248. The molecule has 2 N–H and O–H groups in total. The summed E-state index contributed by atoms with van der Waals surface area (Å²) in [4.78, 5) is 10.5. The average molecular weight is 191 g/mol. The predicted molar refractivity (Wildman–Crippen MR) is 50.8 cm³/mol. The molecule has 0 saturated heterocycles. The first-order valence-electron chi connectivity index (χ1n) is 4.13. The lowest BCUT2D eigenvalue weighted by molar-refractivity contribution is -0.113. The van der Waals surface area contributed by atoms with Crippen LogP contribution < -0.4 is 15.2 Å². The molecule has 1 amide bonds. The zero-order chi connectivity index (χ0) is 9.97. The minimum atomic E-state index is -0.470. The zero-order valence-electron chi connectivity index (χ0n) is 7.40. The zero-order valence-corrected chi connectivity index (χ0v) is 7.40. The van der Waals surface area contributed by atoms with E-state index in [4.69, 9.17) is 15.2 Å². The maximum absolute atomic E-state index is 10.5. The van der Waals surface area contributed by atoms with E-state index in [0.717, 1.165) is 11.3 Å². The van der Waals surface area contributed by atoms with E-state index in [1.165, 1.54) is 6.08 Å². The lowest BCUT2D eigenvalue weighted by Gasteiger charge is -1.96. The van der Waals surface area contributed by atoms with Gasteiger partial charge < -0.3 is 15.2 Å². The van der Waals surface area contributed by atoms with Gasteiger partial charge in [-0.1, -0.05) is 6.07 Å². The van der Waals surface area contributed by atoms with Crippen molar-refractivity contribution in [2.75, 3.05) is 6.79 Å². The third kappa shape index (κ3) is 1.69. The summed E-state index contributed by atoms with van der Waals surface area (Å²) < 4.78 is 10.3. The number of hydrogen-bond acceptors (Lipinski definition) is 3. The topological polar surface area (TPSA) is 61.6 Å². The van der Waals surface area contributed by atoms with Gasteiger partial charge in [-0.3, -0.25) is 4.79 Å². The van der Waals surface area contributed by atoms with E-state index in [-0.39, 0.29) is 6.79 Å². The van der Waals surface area contributed by atoms with Crippen LogP contribution >= 0.6 is 0 Å². The van der Waals surface area contributed by atoms with Gasteiger partial charge in [0.15, 0.2) is 11.5 Å². The van der Waals surface area contributed by atoms with Crippen LogP contribution in [0.1, 0.15) is 5.56 Å². The van der Waals surface area contributed by atoms with Gasteiger partial charge in [0.25, 0.3) is 0 Å². The molecule has 0 bridgehead atoms. The lowest BCUT2D eigenvalue weighted by atomic mass is 10.2. The minimum Gasteiger partial charge on any atom is -0.454 e. The lowest BCUT2D eigenvalue weighted by Crippen LogP contribution is -2.04. The summed E-state index contributed by atoms with van der Waals surface area (Å²) in [7, 11) is 0. The van der Waals surface area contributed by atoms with Crippen LogP contribution in [0.15, 0.2) is 24.3 Å². The SMILES string of the molecule is NC(=O)/C=C/c1ccc2c(c1)OCO2. The van der Waals surface area contributed by atoms with Crippen molar-refractivity contribution in [2.24, 2.45) is 5.73 Å². The van der Waals surface area contributed by atoms with E-state index >= 15 is 0 Å². The average Bonchev–Trinajstić information content (AvgIpc) is 2.61. The Kier molecular flexibility index (Phi) is 2.10. The van der Waals surface area contributed by atoms with Crippen molar-refractivity contribution in [3.63, 3.8) is 0 Å². The Bertz CT molecular complexity index is 398. The van der Waals surface area contributed by atoms with Crippen molar-refractivity contribution >= 4 is 12.0 Å². The van der Waals surface area contributed by atoms with E-state index in [1.54, 1.807) is 18.2 Å². The Morgan fingerprint density at radius 3 is 2.93 bits per heavy atom. The standard InChI is InChI=1S/C10H9NO3/c11-10(12)4-2-7-1-3-8-9(5-7)14-6-13-8/h1-5H,6H2,(H2,11,12)/b4-2+. The first-order chi connectivity index (χ1) is 6.75. The van der Waals surface area contributed by atoms with Crippen molar-refractivity contribution in [2.45, 2.75) is 0 Å². The van der Waals surface area contributed by atoms with Crippen molar-refractivity contribution in [3.8, 4) is 11.5 Å². The van der Waals surface area contributed by atoms with Crippen molar-refractivity contribution in [3.05, 3.63) is 29.8 Å². The molecule has 1 aromatic carbocycles. The molecule has 0 atom stereocenters. The molecule has 0 aromatic heterocycles. The van der Waals surface area contributed by atoms with Gasteiger partial charge in [0.1, 0.15) is 0 Å². The Morgan fingerprint density at radius 2 is 2.14 bits per heavy atom. The van der Waals surface area contributed by atoms with Gasteiger partial charge in [0, 0.05) is 6.08 Å². The quantitative estimate of drug-likeness (QED) is 0.707. The van der Waals surface area contributed by atoms with E-state index in [2.05, 4.69) is 0 Å². The summed E-state index contributed by atoms with van der Waals surface area (Å²) in [6.07, 6.45) is 2.93. The molecule has 0 fully saturated rings. The maximum atomic E-state index is 10.5. The van der Waals surface area contributed by atoms with Crippen LogP contribution in [0.5, 0.6) is 11.5 Å². The van der Waals surface area contributed by atoms with E-state index < -0.39 is 5.91 Å². The van der Waals surface area contributed by atoms with E-state index in [0.29, 0.717) is 5.75 Å². The fraction of sp³-hybridized carbons (Fsp3) is 0.100. The maximum Gasteiger partial charge on any atom is 0.241 e. The third-order valence-corrected chi connectivity index (χ3v) is 1.84. The Hall–Kier alpha value is -1.97. The highest BCUT2D eigenvalue weighted by atomic mass is 16.7. The summed E-state index contributed by atoms with van der Waals surface area (Å²) in [5.41, 5.74) is 5.83. The largest absolute Gasteiger partial charge is 0.454 e. The van der Waals surface area contributed by atoms with Gasteiger partial charge in [0.05, 0.1) is 0 Å². The molecule has 0 radical (unpaired) electrons. The van der Waals surface area contributed by atoms with Gasteiger partial charge in [-0.05, 0) is 23.8 Å². The number of carbonyl (C=O) groups is 1. The van der Waals surface area contributed by atoms with Crippen molar-refractivity contribution < 1.29 is 14.3 Å². The van der Waals surface area contributed by atoms with Crippen LogP contribution in [-0.2, 0) is 4.79 Å². The molecule has 14 heavy (non-hydrogen) atoms. The molecule has 0 spiro atoms. The highest BCUT2D eigenvalue weighted by Gasteiger charge is 2.11. The van der Waals surface area contributed by atoms with Crippen LogP contribution in [0.4, 0.5) is 0 Å². The number of fused-ring (bicyclic) bond motifs is 1. The summed E-state index contributed by atoms with van der Waals surface area (Å²) in [6, 6.07) is 5.41. The van der Waals surface area contributed by atoms with Crippen LogP contribution in [0.25, 0.3) is 6.08 Å². The van der Waals surface area contributed by atoms with Gasteiger partial charge in [0.2, 0.25) is 12.7 Å². The first-order valence-corrected chi connectivity index (χ1v) is 4.13. The third-order valence-electron chi connectivity index (χ3n) is 1.84. The number of amides is 1. The van der Waals surface area contributed by atoms with Gasteiger partial charge in [-0.2, -0.15) is 0 Å².